The van der Waals surface area contributed by atoms with Crippen LogP contribution < -0.4 is 0 Å². The summed E-state index contributed by atoms with van der Waals surface area (Å²) < 4.78 is 35.2. The fourth-order valence-corrected chi connectivity index (χ4v) is 2.45. The molecule has 0 aromatic carbocycles. The molecule has 0 amide bonds. The van der Waals surface area contributed by atoms with Gasteiger partial charge in [-0.3, -0.25) is 4.55 Å². The lowest BCUT2D eigenvalue weighted by Gasteiger charge is -2.28. The summed E-state index contributed by atoms with van der Waals surface area (Å²) in [7, 11) is -3.79. The third kappa shape index (κ3) is 4.39. The summed E-state index contributed by atoms with van der Waals surface area (Å²) in [5.41, 5.74) is 0. The molecular weight excluding hydrogens is 204 g/mol. The minimum absolute atomic E-state index is 0.117. The first-order chi connectivity index (χ1) is 6.51. The summed E-state index contributed by atoms with van der Waals surface area (Å²) in [5.74, 6) is 0.268. The monoisotopic (exact) mass is 222 g/mol. The molecule has 1 fully saturated rings. The van der Waals surface area contributed by atoms with E-state index < -0.39 is 10.1 Å². The van der Waals surface area contributed by atoms with E-state index >= 15 is 0 Å². The quantitative estimate of drug-likeness (QED) is 0.732. The molecule has 0 radical (unpaired) electrons. The second-order valence-corrected chi connectivity index (χ2v) is 5.44. The van der Waals surface area contributed by atoms with Crippen LogP contribution in [0.2, 0.25) is 0 Å². The van der Waals surface area contributed by atoms with Crippen molar-refractivity contribution in [3.63, 3.8) is 0 Å². The SMILES string of the molecule is CCC1CC(CCS(=O)(=O)O)CCO1. The second-order valence-electron chi connectivity index (χ2n) is 3.87. The number of ether oxygens (including phenoxy) is 1. The van der Waals surface area contributed by atoms with Crippen molar-refractivity contribution in [3.05, 3.63) is 0 Å². The van der Waals surface area contributed by atoms with E-state index in [4.69, 9.17) is 9.29 Å². The van der Waals surface area contributed by atoms with Crippen LogP contribution in [0.25, 0.3) is 0 Å². The van der Waals surface area contributed by atoms with Crippen molar-refractivity contribution >= 4 is 10.1 Å². The Kier molecular flexibility index (Phi) is 4.34. The van der Waals surface area contributed by atoms with Crippen molar-refractivity contribution in [2.75, 3.05) is 12.4 Å². The zero-order valence-electron chi connectivity index (χ0n) is 8.48. The van der Waals surface area contributed by atoms with Gasteiger partial charge in [-0.1, -0.05) is 6.92 Å². The van der Waals surface area contributed by atoms with Crippen molar-refractivity contribution in [3.8, 4) is 0 Å². The molecule has 0 aliphatic carbocycles. The lowest BCUT2D eigenvalue weighted by molar-refractivity contribution is -0.0109. The predicted molar refractivity (Wildman–Crippen MR) is 53.8 cm³/mol. The molecule has 14 heavy (non-hydrogen) atoms. The summed E-state index contributed by atoms with van der Waals surface area (Å²) in [5, 5.41) is 0. The summed E-state index contributed by atoms with van der Waals surface area (Å²) in [4.78, 5) is 0. The van der Waals surface area contributed by atoms with Crippen LogP contribution in [0.1, 0.15) is 32.6 Å². The highest BCUT2D eigenvalue weighted by atomic mass is 32.2. The van der Waals surface area contributed by atoms with Gasteiger partial charge in [0.1, 0.15) is 0 Å². The molecule has 0 bridgehead atoms. The predicted octanol–water partition coefficient (Wildman–Crippen LogP) is 1.47. The Balaban J connectivity index is 2.31. The zero-order valence-corrected chi connectivity index (χ0v) is 9.29. The smallest absolute Gasteiger partial charge is 0.264 e. The van der Waals surface area contributed by atoms with E-state index in [1.807, 2.05) is 0 Å². The Bertz CT molecular complexity index is 260. The number of hydrogen-bond acceptors (Lipinski definition) is 3. The lowest BCUT2D eigenvalue weighted by Crippen LogP contribution is -2.26. The third-order valence-electron chi connectivity index (χ3n) is 2.72. The highest BCUT2D eigenvalue weighted by Crippen LogP contribution is 2.24. The Labute approximate surface area is 85.4 Å². The van der Waals surface area contributed by atoms with E-state index in [0.29, 0.717) is 18.9 Å². The molecule has 1 heterocycles. The molecule has 2 atom stereocenters. The first kappa shape index (κ1) is 11.9. The Morgan fingerprint density at radius 1 is 1.50 bits per heavy atom. The fraction of sp³-hybridized carbons (Fsp3) is 1.00. The van der Waals surface area contributed by atoms with Crippen LogP contribution in [0.15, 0.2) is 0 Å². The maximum atomic E-state index is 10.5. The van der Waals surface area contributed by atoms with Gasteiger partial charge in [0.15, 0.2) is 0 Å². The van der Waals surface area contributed by atoms with Crippen molar-refractivity contribution < 1.29 is 17.7 Å². The van der Waals surface area contributed by atoms with Gasteiger partial charge in [-0.25, -0.2) is 0 Å². The summed E-state index contributed by atoms with van der Waals surface area (Å²) in [6.07, 6.45) is 3.63. The molecule has 1 N–H and O–H groups in total. The molecule has 1 aliphatic heterocycles. The van der Waals surface area contributed by atoms with E-state index in [1.165, 1.54) is 0 Å². The molecule has 0 aromatic heterocycles. The van der Waals surface area contributed by atoms with E-state index in [2.05, 4.69) is 6.92 Å². The van der Waals surface area contributed by atoms with Gasteiger partial charge in [0.25, 0.3) is 10.1 Å². The number of rotatable bonds is 4. The minimum Gasteiger partial charge on any atom is -0.378 e. The van der Waals surface area contributed by atoms with Crippen LogP contribution in [0.5, 0.6) is 0 Å². The van der Waals surface area contributed by atoms with Crippen LogP contribution in [0.4, 0.5) is 0 Å². The zero-order chi connectivity index (χ0) is 10.6. The molecule has 5 heteroatoms. The fourth-order valence-electron chi connectivity index (χ4n) is 1.82. The van der Waals surface area contributed by atoms with Crippen LogP contribution in [-0.2, 0) is 14.9 Å². The number of hydrogen-bond donors (Lipinski definition) is 1. The Hall–Kier alpha value is -0.130. The molecule has 2 unspecified atom stereocenters. The van der Waals surface area contributed by atoms with Crippen molar-refractivity contribution in [1.29, 1.82) is 0 Å². The highest BCUT2D eigenvalue weighted by molar-refractivity contribution is 7.85. The van der Waals surface area contributed by atoms with Crippen molar-refractivity contribution in [2.24, 2.45) is 5.92 Å². The largest absolute Gasteiger partial charge is 0.378 e. The highest BCUT2D eigenvalue weighted by Gasteiger charge is 2.22. The van der Waals surface area contributed by atoms with Gasteiger partial charge in [-0.2, -0.15) is 8.42 Å². The van der Waals surface area contributed by atoms with Gasteiger partial charge in [0, 0.05) is 6.61 Å². The average Bonchev–Trinajstić information content (AvgIpc) is 2.14. The molecule has 0 aromatic rings. The summed E-state index contributed by atoms with van der Waals surface area (Å²) >= 11 is 0. The van der Waals surface area contributed by atoms with Gasteiger partial charge in [0.2, 0.25) is 0 Å². The molecule has 84 valence electrons. The standard InChI is InChI=1S/C9H18O4S/c1-2-9-7-8(3-5-13-9)4-6-14(10,11)12/h8-9H,2-7H2,1H3,(H,10,11,12). The van der Waals surface area contributed by atoms with Gasteiger partial charge in [-0.05, 0) is 31.6 Å². The van der Waals surface area contributed by atoms with Gasteiger partial charge >= 0.3 is 0 Å². The maximum absolute atomic E-state index is 10.5. The topological polar surface area (TPSA) is 63.6 Å². The van der Waals surface area contributed by atoms with Crippen LogP contribution in [0.3, 0.4) is 0 Å². The molecular formula is C9H18O4S. The van der Waals surface area contributed by atoms with Gasteiger partial charge in [-0.15, -0.1) is 0 Å². The Morgan fingerprint density at radius 2 is 2.21 bits per heavy atom. The molecule has 4 nitrogen and oxygen atoms in total. The summed E-state index contributed by atoms with van der Waals surface area (Å²) in [6.45, 7) is 2.78. The van der Waals surface area contributed by atoms with Crippen LogP contribution in [-0.4, -0.2) is 31.4 Å². The Morgan fingerprint density at radius 3 is 2.79 bits per heavy atom. The van der Waals surface area contributed by atoms with Crippen molar-refractivity contribution in [2.45, 2.75) is 38.7 Å². The van der Waals surface area contributed by atoms with Crippen molar-refractivity contribution in [1.82, 2.24) is 0 Å². The average molecular weight is 222 g/mol. The van der Waals surface area contributed by atoms with Gasteiger partial charge < -0.3 is 4.74 Å². The van der Waals surface area contributed by atoms with Crippen LogP contribution in [0, 0.1) is 5.92 Å². The third-order valence-corrected chi connectivity index (χ3v) is 3.47. The molecule has 0 spiro atoms. The van der Waals surface area contributed by atoms with Gasteiger partial charge in [0.05, 0.1) is 11.9 Å². The normalized spacial score (nSPS) is 29.0. The van der Waals surface area contributed by atoms with E-state index in [0.717, 1.165) is 19.3 Å². The summed E-state index contributed by atoms with van der Waals surface area (Å²) in [6, 6.07) is 0. The molecule has 1 saturated heterocycles. The molecule has 1 rings (SSSR count). The minimum atomic E-state index is -3.79. The first-order valence-corrected chi connectivity index (χ1v) is 6.69. The molecule has 0 saturated carbocycles. The van der Waals surface area contributed by atoms with E-state index in [9.17, 15) is 8.42 Å². The molecule has 1 aliphatic rings. The van der Waals surface area contributed by atoms with E-state index in [-0.39, 0.29) is 11.9 Å². The first-order valence-electron chi connectivity index (χ1n) is 5.08. The maximum Gasteiger partial charge on any atom is 0.264 e. The van der Waals surface area contributed by atoms with Crippen LogP contribution >= 0.6 is 0 Å². The van der Waals surface area contributed by atoms with E-state index in [1.54, 1.807) is 0 Å². The second kappa shape index (κ2) is 5.09. The lowest BCUT2D eigenvalue weighted by atomic mass is 9.92.